The van der Waals surface area contributed by atoms with Crippen molar-refractivity contribution in [2.75, 3.05) is 13.4 Å². The van der Waals surface area contributed by atoms with Crippen molar-refractivity contribution in [1.82, 2.24) is 0 Å². The number of fused-ring (bicyclic) bond motifs is 1. The largest absolute Gasteiger partial charge is 0.459 e. The molecule has 0 unspecified atom stereocenters. The number of ether oxygens (including phenoxy) is 3. The van der Waals surface area contributed by atoms with Crippen LogP contribution in [0.2, 0.25) is 0 Å². The van der Waals surface area contributed by atoms with Gasteiger partial charge in [-0.2, -0.15) is 0 Å². The first kappa shape index (κ1) is 19.5. The summed E-state index contributed by atoms with van der Waals surface area (Å²) in [6.45, 7) is 3.94. The highest BCUT2D eigenvalue weighted by molar-refractivity contribution is 5.91. The van der Waals surface area contributed by atoms with Crippen molar-refractivity contribution < 1.29 is 19.0 Å². The highest BCUT2D eigenvalue weighted by Gasteiger charge is 2.43. The average Bonchev–Trinajstić information content (AvgIpc) is 3.27. The summed E-state index contributed by atoms with van der Waals surface area (Å²) in [5.74, 6) is 0.866. The molecule has 5 heteroatoms. The lowest BCUT2D eigenvalue weighted by Crippen LogP contribution is -2.37. The molecule has 0 aliphatic carbocycles. The Hall–Kier alpha value is -3.86. The third kappa shape index (κ3) is 3.70. The zero-order valence-electron chi connectivity index (χ0n) is 16.4. The lowest BCUT2D eigenvalue weighted by atomic mass is 9.83. The molecule has 0 saturated carbocycles. The molecule has 0 bridgehead atoms. The number of benzene rings is 3. The second-order valence-corrected chi connectivity index (χ2v) is 6.70. The second kappa shape index (κ2) is 8.66. The van der Waals surface area contributed by atoms with E-state index in [-0.39, 0.29) is 13.4 Å². The number of hydrogen-bond donors (Lipinski definition) is 0. The molecular formula is C25H21NO4. The molecule has 0 aromatic heterocycles. The fraction of sp³-hybridized carbons (Fsp3) is 0.120. The summed E-state index contributed by atoms with van der Waals surface area (Å²) in [4.78, 5) is 18.2. The Labute approximate surface area is 175 Å². The Kier molecular flexibility index (Phi) is 5.61. The fourth-order valence-corrected chi connectivity index (χ4v) is 3.37. The topological polar surface area (TPSA) is 57.1 Å². The van der Waals surface area contributed by atoms with Gasteiger partial charge in [-0.3, -0.25) is 4.99 Å². The van der Waals surface area contributed by atoms with E-state index in [4.69, 9.17) is 19.2 Å². The van der Waals surface area contributed by atoms with Gasteiger partial charge in [0.1, 0.15) is 6.61 Å². The summed E-state index contributed by atoms with van der Waals surface area (Å²) in [5, 5.41) is 0. The van der Waals surface area contributed by atoms with E-state index in [1.807, 2.05) is 78.9 Å². The summed E-state index contributed by atoms with van der Waals surface area (Å²) in [7, 11) is 0. The van der Waals surface area contributed by atoms with Crippen LogP contribution in [0, 0.1) is 0 Å². The molecule has 0 amide bonds. The molecule has 0 fully saturated rings. The summed E-state index contributed by atoms with van der Waals surface area (Å²) >= 11 is 0. The number of rotatable bonds is 7. The van der Waals surface area contributed by atoms with E-state index in [1.54, 1.807) is 12.3 Å². The van der Waals surface area contributed by atoms with Gasteiger partial charge in [0, 0.05) is 6.21 Å². The Bertz CT molecular complexity index is 1020. The number of hydrogen-bond acceptors (Lipinski definition) is 5. The lowest BCUT2D eigenvalue weighted by Gasteiger charge is -2.28. The maximum atomic E-state index is 13.4. The number of carbonyl (C=O) groups is 1. The van der Waals surface area contributed by atoms with Gasteiger partial charge in [-0.1, -0.05) is 73.3 Å². The zero-order chi connectivity index (χ0) is 20.8. The monoisotopic (exact) mass is 399 g/mol. The molecule has 0 spiro atoms. The number of aliphatic imine (C=N–C) groups is 1. The van der Waals surface area contributed by atoms with Crippen LogP contribution in [0.4, 0.5) is 0 Å². The normalized spacial score (nSPS) is 12.7. The molecule has 1 aliphatic heterocycles. The average molecular weight is 399 g/mol. The summed E-state index contributed by atoms with van der Waals surface area (Å²) in [6, 6.07) is 24.3. The van der Waals surface area contributed by atoms with E-state index in [9.17, 15) is 4.79 Å². The minimum absolute atomic E-state index is 0.0970. The van der Waals surface area contributed by atoms with E-state index >= 15 is 0 Å². The molecule has 3 aromatic rings. The quantitative estimate of drug-likeness (QED) is 0.333. The molecule has 3 aromatic carbocycles. The van der Waals surface area contributed by atoms with Crippen LogP contribution in [-0.2, 0) is 15.1 Å². The predicted octanol–water partition coefficient (Wildman–Crippen LogP) is 4.51. The molecule has 0 radical (unpaired) electrons. The van der Waals surface area contributed by atoms with E-state index in [0.29, 0.717) is 22.6 Å². The molecule has 4 rings (SSSR count). The van der Waals surface area contributed by atoms with E-state index < -0.39 is 11.5 Å². The van der Waals surface area contributed by atoms with Gasteiger partial charge >= 0.3 is 5.97 Å². The third-order valence-corrected chi connectivity index (χ3v) is 4.81. The Morgan fingerprint density at radius 2 is 1.60 bits per heavy atom. The zero-order valence-corrected chi connectivity index (χ0v) is 16.4. The first-order valence-corrected chi connectivity index (χ1v) is 9.58. The summed E-state index contributed by atoms with van der Waals surface area (Å²) < 4.78 is 16.3. The van der Waals surface area contributed by atoms with Gasteiger partial charge in [0.2, 0.25) is 12.3 Å². The highest BCUT2D eigenvalue weighted by atomic mass is 16.7. The van der Waals surface area contributed by atoms with Crippen molar-refractivity contribution in [3.8, 4) is 11.5 Å². The SMILES string of the molecule is C=CCOC(=O)C(N=Cc1ccc2c(c1)OCO2)(c1ccccc1)c1ccccc1. The van der Waals surface area contributed by atoms with Crippen LogP contribution in [0.15, 0.2) is 96.5 Å². The minimum atomic E-state index is -1.36. The van der Waals surface area contributed by atoms with Crippen LogP contribution < -0.4 is 9.47 Å². The van der Waals surface area contributed by atoms with E-state index in [0.717, 1.165) is 5.56 Å². The molecule has 0 N–H and O–H groups in total. The number of esters is 1. The van der Waals surface area contributed by atoms with Crippen LogP contribution in [0.1, 0.15) is 16.7 Å². The maximum Gasteiger partial charge on any atom is 0.343 e. The molecule has 5 nitrogen and oxygen atoms in total. The predicted molar refractivity (Wildman–Crippen MR) is 115 cm³/mol. The minimum Gasteiger partial charge on any atom is -0.459 e. The fourth-order valence-electron chi connectivity index (χ4n) is 3.37. The third-order valence-electron chi connectivity index (χ3n) is 4.81. The lowest BCUT2D eigenvalue weighted by molar-refractivity contribution is -0.147. The standard InChI is InChI=1S/C25H21NO4/c1-2-15-28-24(27)25(20-9-5-3-6-10-20,21-11-7-4-8-12-21)26-17-19-13-14-22-23(16-19)30-18-29-22/h2-14,16-17H,1,15,18H2. The van der Waals surface area contributed by atoms with E-state index in [2.05, 4.69) is 6.58 Å². The molecule has 150 valence electrons. The van der Waals surface area contributed by atoms with Gasteiger partial charge in [-0.05, 0) is 34.9 Å². The molecular weight excluding hydrogens is 378 g/mol. The molecule has 1 aliphatic rings. The van der Waals surface area contributed by atoms with Crippen molar-refractivity contribution in [3.63, 3.8) is 0 Å². The van der Waals surface area contributed by atoms with Crippen molar-refractivity contribution >= 4 is 12.2 Å². The smallest absolute Gasteiger partial charge is 0.343 e. The van der Waals surface area contributed by atoms with Crippen LogP contribution in [-0.4, -0.2) is 25.6 Å². The number of nitrogens with zero attached hydrogens (tertiary/aromatic N) is 1. The Morgan fingerprint density at radius 3 is 2.23 bits per heavy atom. The van der Waals surface area contributed by atoms with Gasteiger partial charge in [-0.15, -0.1) is 0 Å². The van der Waals surface area contributed by atoms with Gasteiger partial charge < -0.3 is 14.2 Å². The summed E-state index contributed by atoms with van der Waals surface area (Å²) in [6.07, 6.45) is 3.21. The Balaban J connectivity index is 1.85. The molecule has 30 heavy (non-hydrogen) atoms. The van der Waals surface area contributed by atoms with Crippen molar-refractivity contribution in [2.24, 2.45) is 4.99 Å². The first-order valence-electron chi connectivity index (χ1n) is 9.58. The molecule has 1 heterocycles. The van der Waals surface area contributed by atoms with Gasteiger partial charge in [0.25, 0.3) is 0 Å². The number of carbonyl (C=O) groups excluding carboxylic acids is 1. The van der Waals surface area contributed by atoms with Gasteiger partial charge in [0.15, 0.2) is 11.5 Å². The van der Waals surface area contributed by atoms with Crippen LogP contribution in [0.25, 0.3) is 0 Å². The highest BCUT2D eigenvalue weighted by Crippen LogP contribution is 2.36. The van der Waals surface area contributed by atoms with E-state index in [1.165, 1.54) is 0 Å². The maximum absolute atomic E-state index is 13.4. The van der Waals surface area contributed by atoms with Crippen molar-refractivity contribution in [1.29, 1.82) is 0 Å². The summed E-state index contributed by atoms with van der Waals surface area (Å²) in [5.41, 5.74) is 0.846. The molecule has 0 atom stereocenters. The first-order chi connectivity index (χ1) is 14.7. The van der Waals surface area contributed by atoms with Crippen molar-refractivity contribution in [2.45, 2.75) is 5.54 Å². The van der Waals surface area contributed by atoms with Crippen LogP contribution in [0.3, 0.4) is 0 Å². The van der Waals surface area contributed by atoms with Crippen molar-refractivity contribution in [3.05, 3.63) is 108 Å². The van der Waals surface area contributed by atoms with Crippen LogP contribution >= 0.6 is 0 Å². The van der Waals surface area contributed by atoms with Crippen LogP contribution in [0.5, 0.6) is 11.5 Å². The molecule has 0 saturated heterocycles. The Morgan fingerprint density at radius 1 is 0.967 bits per heavy atom. The van der Waals surface area contributed by atoms with Gasteiger partial charge in [0.05, 0.1) is 0 Å². The second-order valence-electron chi connectivity index (χ2n) is 6.70. The van der Waals surface area contributed by atoms with Gasteiger partial charge in [-0.25, -0.2) is 4.79 Å².